The van der Waals surface area contributed by atoms with Gasteiger partial charge in [0.05, 0.1) is 22.9 Å². The zero-order valence-electron chi connectivity index (χ0n) is 13.1. The summed E-state index contributed by atoms with van der Waals surface area (Å²) < 4.78 is 25.1. The number of amides is 1. The number of carboxylic acid groups (broad SMARTS) is 1. The quantitative estimate of drug-likeness (QED) is 0.773. The topological polar surface area (TPSA) is 118 Å². The third-order valence-corrected chi connectivity index (χ3v) is 6.63. The van der Waals surface area contributed by atoms with Crippen LogP contribution in [-0.2, 0) is 21.1 Å². The van der Waals surface area contributed by atoms with Gasteiger partial charge in [0.2, 0.25) is 15.0 Å². The highest BCUT2D eigenvalue weighted by molar-refractivity contribution is 7.91. The van der Waals surface area contributed by atoms with E-state index < -0.39 is 21.1 Å². The van der Waals surface area contributed by atoms with Gasteiger partial charge >= 0.3 is 5.97 Å². The Hall–Kier alpha value is -2.03. The first-order valence-corrected chi connectivity index (χ1v) is 9.55. The molecule has 0 atom stereocenters. The molecule has 1 N–H and O–H groups in total. The van der Waals surface area contributed by atoms with E-state index in [1.807, 2.05) is 0 Å². The minimum Gasteiger partial charge on any atom is -0.481 e. The monoisotopic (exact) mass is 353 g/mol. The second-order valence-corrected chi connectivity index (χ2v) is 8.27. The van der Waals surface area contributed by atoms with Gasteiger partial charge in [0, 0.05) is 25.7 Å². The lowest BCUT2D eigenvalue weighted by molar-refractivity contribution is -0.137. The Morgan fingerprint density at radius 3 is 2.71 bits per heavy atom. The van der Waals surface area contributed by atoms with Gasteiger partial charge in [-0.15, -0.1) is 0 Å². The molecule has 1 aromatic rings. The lowest BCUT2D eigenvalue weighted by Gasteiger charge is -2.27. The van der Waals surface area contributed by atoms with E-state index in [4.69, 9.17) is 5.11 Å². The molecule has 24 heavy (non-hydrogen) atoms. The molecule has 1 aliphatic carbocycles. The SMILES string of the molecule is O=C(O)CCN1CCc2nc(S(=O)(=O)C3CCCC3)ncc2C1=O. The summed E-state index contributed by atoms with van der Waals surface area (Å²) in [7, 11) is -3.55. The van der Waals surface area contributed by atoms with E-state index in [2.05, 4.69) is 9.97 Å². The lowest BCUT2D eigenvalue weighted by Crippen LogP contribution is -2.39. The zero-order chi connectivity index (χ0) is 17.3. The number of rotatable bonds is 5. The molecule has 0 unspecified atom stereocenters. The average molecular weight is 353 g/mol. The van der Waals surface area contributed by atoms with E-state index >= 15 is 0 Å². The number of carbonyl (C=O) groups is 2. The van der Waals surface area contributed by atoms with Gasteiger partial charge in [-0.1, -0.05) is 12.8 Å². The number of aliphatic carboxylic acids is 1. The maximum Gasteiger partial charge on any atom is 0.305 e. The number of carboxylic acids is 1. The molecule has 8 nitrogen and oxygen atoms in total. The first kappa shape index (κ1) is 16.8. The normalized spacial score (nSPS) is 18.7. The van der Waals surface area contributed by atoms with E-state index in [1.54, 1.807) is 0 Å². The van der Waals surface area contributed by atoms with Gasteiger partial charge in [0.15, 0.2) is 0 Å². The Kier molecular flexibility index (Phi) is 4.53. The molecular weight excluding hydrogens is 334 g/mol. The summed E-state index contributed by atoms with van der Waals surface area (Å²) in [5.74, 6) is -1.31. The molecule has 2 aliphatic rings. The standard InChI is InChI=1S/C15H19N3O5S/c19-13(20)6-8-18-7-5-12-11(14(18)21)9-16-15(17-12)24(22,23)10-3-1-2-4-10/h9-10H,1-8H2,(H,19,20). The predicted octanol–water partition coefficient (Wildman–Crippen LogP) is 0.666. The highest BCUT2D eigenvalue weighted by atomic mass is 32.2. The summed E-state index contributed by atoms with van der Waals surface area (Å²) in [5.41, 5.74) is 0.690. The summed E-state index contributed by atoms with van der Waals surface area (Å²) in [6.07, 6.45) is 4.58. The van der Waals surface area contributed by atoms with E-state index in [0.717, 1.165) is 12.8 Å². The summed E-state index contributed by atoms with van der Waals surface area (Å²) in [4.78, 5) is 32.5. The molecule has 0 spiro atoms. The minimum absolute atomic E-state index is 0.121. The molecule has 2 heterocycles. The Bertz CT molecular complexity index is 771. The first-order valence-electron chi connectivity index (χ1n) is 8.00. The maximum absolute atomic E-state index is 12.6. The number of aromatic nitrogens is 2. The Balaban J connectivity index is 1.83. The van der Waals surface area contributed by atoms with Crippen molar-refractivity contribution in [2.24, 2.45) is 0 Å². The van der Waals surface area contributed by atoms with Crippen LogP contribution < -0.4 is 0 Å². The van der Waals surface area contributed by atoms with E-state index in [1.165, 1.54) is 11.1 Å². The molecule has 0 aromatic carbocycles. The van der Waals surface area contributed by atoms with Crippen molar-refractivity contribution in [2.45, 2.75) is 48.9 Å². The van der Waals surface area contributed by atoms with Crippen LogP contribution in [0.25, 0.3) is 0 Å². The molecule has 3 rings (SSSR count). The smallest absolute Gasteiger partial charge is 0.305 e. The van der Waals surface area contributed by atoms with Crippen LogP contribution in [0.3, 0.4) is 0 Å². The molecule has 130 valence electrons. The highest BCUT2D eigenvalue weighted by Crippen LogP contribution is 2.28. The van der Waals surface area contributed by atoms with Gasteiger partial charge in [-0.05, 0) is 12.8 Å². The summed E-state index contributed by atoms with van der Waals surface area (Å²) in [6.45, 7) is 0.453. The van der Waals surface area contributed by atoms with Crippen molar-refractivity contribution in [3.63, 3.8) is 0 Å². The van der Waals surface area contributed by atoms with Gasteiger partial charge in [-0.25, -0.2) is 18.4 Å². The van der Waals surface area contributed by atoms with E-state index in [0.29, 0.717) is 31.5 Å². The van der Waals surface area contributed by atoms with Crippen molar-refractivity contribution in [3.8, 4) is 0 Å². The van der Waals surface area contributed by atoms with Crippen LogP contribution in [0.5, 0.6) is 0 Å². The fourth-order valence-electron chi connectivity index (χ4n) is 3.21. The fourth-order valence-corrected chi connectivity index (χ4v) is 4.90. The fraction of sp³-hybridized carbons (Fsp3) is 0.600. The first-order chi connectivity index (χ1) is 11.4. The number of fused-ring (bicyclic) bond motifs is 1. The van der Waals surface area contributed by atoms with Crippen LogP contribution in [-0.4, -0.2) is 58.6 Å². The summed E-state index contributed by atoms with van der Waals surface area (Å²) >= 11 is 0. The molecule has 0 bridgehead atoms. The van der Waals surface area contributed by atoms with Crippen LogP contribution in [0.1, 0.15) is 48.2 Å². The third kappa shape index (κ3) is 3.12. The van der Waals surface area contributed by atoms with Crippen LogP contribution in [0.15, 0.2) is 11.4 Å². The Morgan fingerprint density at radius 1 is 1.33 bits per heavy atom. The molecule has 1 fully saturated rings. The molecule has 1 saturated carbocycles. The van der Waals surface area contributed by atoms with Crippen molar-refractivity contribution in [1.29, 1.82) is 0 Å². The van der Waals surface area contributed by atoms with E-state index in [9.17, 15) is 18.0 Å². The van der Waals surface area contributed by atoms with Gasteiger partial charge in [-0.3, -0.25) is 9.59 Å². The minimum atomic E-state index is -3.55. The predicted molar refractivity (Wildman–Crippen MR) is 83.3 cm³/mol. The summed E-state index contributed by atoms with van der Waals surface area (Å²) in [6, 6.07) is 0. The van der Waals surface area contributed by atoms with Crippen molar-refractivity contribution in [1.82, 2.24) is 14.9 Å². The van der Waals surface area contributed by atoms with E-state index in [-0.39, 0.29) is 29.6 Å². The lowest BCUT2D eigenvalue weighted by atomic mass is 10.1. The number of hydrogen-bond acceptors (Lipinski definition) is 6. The molecule has 1 amide bonds. The zero-order valence-corrected chi connectivity index (χ0v) is 14.0. The summed E-state index contributed by atoms with van der Waals surface area (Å²) in [5, 5.41) is 8.10. The average Bonchev–Trinajstić information content (AvgIpc) is 3.09. The maximum atomic E-state index is 12.6. The second-order valence-electron chi connectivity index (χ2n) is 6.15. The number of sulfone groups is 1. The molecule has 9 heteroatoms. The molecule has 0 radical (unpaired) electrons. The van der Waals surface area contributed by atoms with Crippen molar-refractivity contribution in [3.05, 3.63) is 17.5 Å². The van der Waals surface area contributed by atoms with Gasteiger partial charge in [-0.2, -0.15) is 0 Å². The Morgan fingerprint density at radius 2 is 2.04 bits per heavy atom. The third-order valence-electron chi connectivity index (χ3n) is 4.57. The largest absolute Gasteiger partial charge is 0.481 e. The van der Waals surface area contributed by atoms with Crippen LogP contribution >= 0.6 is 0 Å². The van der Waals surface area contributed by atoms with Crippen molar-refractivity contribution in [2.75, 3.05) is 13.1 Å². The van der Waals surface area contributed by atoms with Gasteiger partial charge < -0.3 is 10.0 Å². The van der Waals surface area contributed by atoms with Crippen LogP contribution in [0.2, 0.25) is 0 Å². The molecule has 1 aliphatic heterocycles. The molecular formula is C15H19N3O5S. The number of nitrogens with zero attached hydrogens (tertiary/aromatic N) is 3. The van der Waals surface area contributed by atoms with Gasteiger partial charge in [0.25, 0.3) is 5.91 Å². The molecule has 0 saturated heterocycles. The molecule has 1 aromatic heterocycles. The van der Waals surface area contributed by atoms with Gasteiger partial charge in [0.1, 0.15) is 0 Å². The van der Waals surface area contributed by atoms with Crippen LogP contribution in [0.4, 0.5) is 0 Å². The van der Waals surface area contributed by atoms with Crippen molar-refractivity contribution >= 4 is 21.7 Å². The van der Waals surface area contributed by atoms with Crippen molar-refractivity contribution < 1.29 is 23.1 Å². The Labute approximate surface area is 139 Å². The number of carbonyl (C=O) groups excluding carboxylic acids is 1. The van der Waals surface area contributed by atoms with Crippen LogP contribution in [0, 0.1) is 0 Å². The highest BCUT2D eigenvalue weighted by Gasteiger charge is 2.34. The number of hydrogen-bond donors (Lipinski definition) is 1. The second kappa shape index (κ2) is 6.46.